The number of fused-ring (bicyclic) bond motifs is 3. The lowest BCUT2D eigenvalue weighted by atomic mass is 10.1. The summed E-state index contributed by atoms with van der Waals surface area (Å²) >= 11 is 0. The molecule has 0 N–H and O–H groups in total. The number of carbonyl (C=O) groups excluding carboxylic acids is 1. The van der Waals surface area contributed by atoms with Gasteiger partial charge in [0.05, 0.1) is 28.1 Å². The number of pyridine rings is 1. The van der Waals surface area contributed by atoms with Crippen LogP contribution in [-0.2, 0) is 0 Å². The summed E-state index contributed by atoms with van der Waals surface area (Å²) in [5.41, 5.74) is 5.32. The molecule has 0 saturated heterocycles. The molecule has 1 aromatic carbocycles. The second kappa shape index (κ2) is 6.18. The number of hydrogen-bond donors (Lipinski definition) is 0. The lowest BCUT2D eigenvalue weighted by Crippen LogP contribution is -2.31. The minimum atomic E-state index is -0.0766. The van der Waals surface area contributed by atoms with Crippen molar-refractivity contribution in [3.8, 4) is 0 Å². The Hall–Kier alpha value is -3.35. The largest absolute Gasteiger partial charge is 0.307 e. The van der Waals surface area contributed by atoms with Crippen LogP contribution >= 0.6 is 0 Å². The molecule has 0 radical (unpaired) electrons. The van der Waals surface area contributed by atoms with Crippen LogP contribution in [0.25, 0.3) is 16.7 Å². The highest BCUT2D eigenvalue weighted by Crippen LogP contribution is 2.22. The number of carbonyl (C=O) groups is 1. The number of anilines is 1. The Labute approximate surface area is 150 Å². The first-order chi connectivity index (χ1) is 12.6. The van der Waals surface area contributed by atoms with E-state index < -0.39 is 0 Å². The summed E-state index contributed by atoms with van der Waals surface area (Å²) in [6.45, 7) is 6.30. The van der Waals surface area contributed by atoms with Gasteiger partial charge in [0.15, 0.2) is 5.65 Å². The van der Waals surface area contributed by atoms with Gasteiger partial charge in [-0.05, 0) is 51.1 Å². The van der Waals surface area contributed by atoms with Crippen molar-refractivity contribution in [3.05, 3.63) is 59.8 Å². The van der Waals surface area contributed by atoms with Gasteiger partial charge in [0, 0.05) is 18.3 Å². The molecule has 0 fully saturated rings. The average Bonchev–Trinajstić information content (AvgIpc) is 3.14. The molecule has 0 bridgehead atoms. The van der Waals surface area contributed by atoms with E-state index in [0.29, 0.717) is 17.8 Å². The molecule has 26 heavy (non-hydrogen) atoms. The molecule has 7 nitrogen and oxygen atoms in total. The molecular weight excluding hydrogens is 328 g/mol. The summed E-state index contributed by atoms with van der Waals surface area (Å²) in [6, 6.07) is 9.26. The summed E-state index contributed by atoms with van der Waals surface area (Å²) in [5, 5.41) is 8.07. The molecule has 3 heterocycles. The molecule has 0 spiro atoms. The van der Waals surface area contributed by atoms with E-state index in [9.17, 15) is 4.79 Å². The molecule has 0 unspecified atom stereocenters. The maximum atomic E-state index is 13.2. The van der Waals surface area contributed by atoms with E-state index in [1.165, 1.54) is 0 Å². The van der Waals surface area contributed by atoms with Crippen molar-refractivity contribution >= 4 is 28.3 Å². The third-order valence-corrected chi connectivity index (χ3v) is 4.47. The zero-order valence-corrected chi connectivity index (χ0v) is 14.8. The van der Waals surface area contributed by atoms with Gasteiger partial charge < -0.3 is 4.90 Å². The van der Waals surface area contributed by atoms with Crippen molar-refractivity contribution in [1.29, 1.82) is 0 Å². The lowest BCUT2D eigenvalue weighted by molar-refractivity contribution is 0.0988. The van der Waals surface area contributed by atoms with Crippen molar-refractivity contribution in [2.75, 3.05) is 11.4 Å². The molecule has 0 saturated carbocycles. The lowest BCUT2D eigenvalue weighted by Gasteiger charge is -2.22. The van der Waals surface area contributed by atoms with Gasteiger partial charge in [0.25, 0.3) is 5.91 Å². The number of aromatic nitrogens is 5. The second-order valence-corrected chi connectivity index (χ2v) is 6.08. The van der Waals surface area contributed by atoms with Crippen molar-refractivity contribution in [1.82, 2.24) is 24.6 Å². The van der Waals surface area contributed by atoms with Crippen LogP contribution in [0.2, 0.25) is 0 Å². The van der Waals surface area contributed by atoms with E-state index in [2.05, 4.69) is 20.2 Å². The standard InChI is InChI=1S/C19H18N6O/c1-4-24(16-6-5-9-20-12(16)2)19(26)14-7-8-15-17(10-14)25-11-21-23-18(25)13(3)22-15/h5-11H,4H2,1-3H3. The number of rotatable bonds is 3. The minimum Gasteiger partial charge on any atom is -0.307 e. The number of benzene rings is 1. The van der Waals surface area contributed by atoms with Gasteiger partial charge in [0.1, 0.15) is 6.33 Å². The topological polar surface area (TPSA) is 76.3 Å². The quantitative estimate of drug-likeness (QED) is 0.570. The van der Waals surface area contributed by atoms with Gasteiger partial charge in [-0.25, -0.2) is 4.98 Å². The molecular formula is C19H18N6O. The van der Waals surface area contributed by atoms with Gasteiger partial charge in [-0.2, -0.15) is 0 Å². The van der Waals surface area contributed by atoms with E-state index in [4.69, 9.17) is 0 Å². The predicted molar refractivity (Wildman–Crippen MR) is 99.3 cm³/mol. The smallest absolute Gasteiger partial charge is 0.258 e. The molecule has 130 valence electrons. The van der Waals surface area contributed by atoms with Crippen molar-refractivity contribution in [2.45, 2.75) is 20.8 Å². The monoisotopic (exact) mass is 346 g/mol. The van der Waals surface area contributed by atoms with Crippen molar-refractivity contribution in [3.63, 3.8) is 0 Å². The average molecular weight is 346 g/mol. The Bertz CT molecular complexity index is 1130. The summed E-state index contributed by atoms with van der Waals surface area (Å²) in [4.78, 5) is 23.7. The van der Waals surface area contributed by atoms with Crippen LogP contribution in [0.5, 0.6) is 0 Å². The highest BCUT2D eigenvalue weighted by molar-refractivity contribution is 6.07. The van der Waals surface area contributed by atoms with E-state index in [0.717, 1.165) is 28.1 Å². The fourth-order valence-corrected chi connectivity index (χ4v) is 3.17. The van der Waals surface area contributed by atoms with Crippen molar-refractivity contribution in [2.24, 2.45) is 0 Å². The number of amides is 1. The van der Waals surface area contributed by atoms with Gasteiger partial charge in [0.2, 0.25) is 0 Å². The summed E-state index contributed by atoms with van der Waals surface area (Å²) in [6.07, 6.45) is 3.37. The molecule has 4 rings (SSSR count). The highest BCUT2D eigenvalue weighted by atomic mass is 16.2. The van der Waals surface area contributed by atoms with Crippen LogP contribution in [0.3, 0.4) is 0 Å². The summed E-state index contributed by atoms with van der Waals surface area (Å²) < 4.78 is 1.86. The van der Waals surface area contributed by atoms with Crippen LogP contribution in [0.4, 0.5) is 5.69 Å². The molecule has 0 aliphatic heterocycles. The van der Waals surface area contributed by atoms with E-state index in [-0.39, 0.29) is 5.91 Å². The first-order valence-electron chi connectivity index (χ1n) is 8.43. The molecule has 1 amide bonds. The van der Waals surface area contributed by atoms with Gasteiger partial charge in [-0.3, -0.25) is 14.2 Å². The Morgan fingerprint density at radius 2 is 2.04 bits per heavy atom. The van der Waals surface area contributed by atoms with Gasteiger partial charge in [-0.15, -0.1) is 10.2 Å². The third kappa shape index (κ3) is 2.48. The zero-order chi connectivity index (χ0) is 18.3. The predicted octanol–water partition coefficient (Wildman–Crippen LogP) is 2.96. The van der Waals surface area contributed by atoms with E-state index in [1.54, 1.807) is 17.4 Å². The normalized spacial score (nSPS) is 11.2. The SMILES string of the molecule is CCN(C(=O)c1ccc2nc(C)c3nncn3c2c1)c1cccnc1C. The summed E-state index contributed by atoms with van der Waals surface area (Å²) in [7, 11) is 0. The van der Waals surface area contributed by atoms with Crippen LogP contribution in [0, 0.1) is 13.8 Å². The van der Waals surface area contributed by atoms with Crippen LogP contribution in [0.15, 0.2) is 42.9 Å². The molecule has 0 aliphatic rings. The minimum absolute atomic E-state index is 0.0766. The Balaban J connectivity index is 1.84. The molecule has 3 aromatic heterocycles. The number of hydrogen-bond acceptors (Lipinski definition) is 5. The van der Waals surface area contributed by atoms with Gasteiger partial charge >= 0.3 is 0 Å². The van der Waals surface area contributed by atoms with Crippen LogP contribution in [-0.4, -0.2) is 37.0 Å². The maximum Gasteiger partial charge on any atom is 0.258 e. The van der Waals surface area contributed by atoms with Crippen LogP contribution < -0.4 is 4.90 Å². The first kappa shape index (κ1) is 16.1. The molecule has 7 heteroatoms. The number of nitrogens with zero attached hydrogens (tertiary/aromatic N) is 6. The fraction of sp³-hybridized carbons (Fsp3) is 0.211. The Kier molecular flexibility index (Phi) is 3.84. The Morgan fingerprint density at radius 1 is 1.19 bits per heavy atom. The zero-order valence-electron chi connectivity index (χ0n) is 14.8. The first-order valence-corrected chi connectivity index (χ1v) is 8.43. The molecule has 0 atom stereocenters. The van der Waals surface area contributed by atoms with E-state index >= 15 is 0 Å². The van der Waals surface area contributed by atoms with Crippen molar-refractivity contribution < 1.29 is 4.79 Å². The maximum absolute atomic E-state index is 13.2. The van der Waals surface area contributed by atoms with E-state index in [1.807, 2.05) is 55.5 Å². The third-order valence-electron chi connectivity index (χ3n) is 4.47. The molecule has 0 aliphatic carbocycles. The van der Waals surface area contributed by atoms with Crippen LogP contribution in [0.1, 0.15) is 28.7 Å². The Morgan fingerprint density at radius 3 is 2.81 bits per heavy atom. The second-order valence-electron chi connectivity index (χ2n) is 6.08. The summed E-state index contributed by atoms with van der Waals surface area (Å²) in [5.74, 6) is -0.0766. The number of aryl methyl sites for hydroxylation is 2. The highest BCUT2D eigenvalue weighted by Gasteiger charge is 2.19. The fourth-order valence-electron chi connectivity index (χ4n) is 3.17. The molecule has 4 aromatic rings. The van der Waals surface area contributed by atoms with Gasteiger partial charge in [-0.1, -0.05) is 0 Å².